The number of hydrogen-bond acceptors (Lipinski definition) is 3. The fourth-order valence-corrected chi connectivity index (χ4v) is 2.95. The van der Waals surface area contributed by atoms with Crippen LogP contribution in [0, 0.1) is 0 Å². The van der Waals surface area contributed by atoms with Gasteiger partial charge < -0.3 is 10.5 Å². The van der Waals surface area contributed by atoms with Crippen LogP contribution >= 0.6 is 0 Å². The largest absolute Gasteiger partial charge is 0.438 e. The van der Waals surface area contributed by atoms with Crippen molar-refractivity contribution in [2.24, 2.45) is 0 Å². The number of aryl methyl sites for hydroxylation is 2. The Bertz CT molecular complexity index is 827. The van der Waals surface area contributed by atoms with E-state index in [9.17, 15) is 0 Å². The Balaban J connectivity index is 1.76. The molecular weight excluding hydrogens is 260 g/mol. The maximum atomic E-state index is 6.02. The molecule has 104 valence electrons. The number of pyridine rings is 1. The average Bonchev–Trinajstić information content (AvgIpc) is 2.98. The second kappa shape index (κ2) is 4.77. The number of rotatable bonds is 2. The number of fused-ring (bicyclic) bond motifs is 2. The molecule has 1 aliphatic carbocycles. The lowest BCUT2D eigenvalue weighted by Crippen LogP contribution is -1.94. The van der Waals surface area contributed by atoms with Gasteiger partial charge in [0.1, 0.15) is 5.75 Å². The number of hydrogen-bond donors (Lipinski definition) is 1. The van der Waals surface area contributed by atoms with Crippen molar-refractivity contribution >= 4 is 16.5 Å². The van der Waals surface area contributed by atoms with E-state index >= 15 is 0 Å². The van der Waals surface area contributed by atoms with Gasteiger partial charge in [0, 0.05) is 28.2 Å². The molecule has 0 radical (unpaired) electrons. The quantitative estimate of drug-likeness (QED) is 0.717. The molecule has 21 heavy (non-hydrogen) atoms. The predicted octanol–water partition coefficient (Wildman–Crippen LogP) is 4.10. The monoisotopic (exact) mass is 276 g/mol. The highest BCUT2D eigenvalue weighted by Crippen LogP contribution is 2.33. The number of nitrogens with zero attached hydrogens (tertiary/aromatic N) is 1. The third-order valence-corrected chi connectivity index (χ3v) is 4.03. The minimum Gasteiger partial charge on any atom is -0.438 e. The van der Waals surface area contributed by atoms with E-state index in [1.54, 1.807) is 0 Å². The number of ether oxygens (including phenoxy) is 1. The van der Waals surface area contributed by atoms with Gasteiger partial charge in [0.25, 0.3) is 0 Å². The first-order valence-electron chi connectivity index (χ1n) is 7.25. The summed E-state index contributed by atoms with van der Waals surface area (Å²) >= 11 is 0. The van der Waals surface area contributed by atoms with Crippen molar-refractivity contribution in [3.8, 4) is 11.6 Å². The topological polar surface area (TPSA) is 48.1 Å². The van der Waals surface area contributed by atoms with E-state index < -0.39 is 0 Å². The molecule has 4 rings (SSSR count). The molecule has 0 aliphatic heterocycles. The molecule has 0 atom stereocenters. The highest BCUT2D eigenvalue weighted by molar-refractivity contribution is 5.97. The minimum atomic E-state index is 0.658. The zero-order valence-electron chi connectivity index (χ0n) is 11.7. The van der Waals surface area contributed by atoms with E-state index in [1.807, 2.05) is 42.5 Å². The Morgan fingerprint density at radius 2 is 1.76 bits per heavy atom. The molecule has 0 saturated carbocycles. The Morgan fingerprint density at radius 3 is 2.67 bits per heavy atom. The summed E-state index contributed by atoms with van der Waals surface area (Å²) in [6.07, 6.45) is 3.37. The van der Waals surface area contributed by atoms with Crippen molar-refractivity contribution in [3.05, 3.63) is 59.8 Å². The molecule has 0 bridgehead atoms. The van der Waals surface area contributed by atoms with Gasteiger partial charge in [-0.15, -0.1) is 0 Å². The van der Waals surface area contributed by atoms with Crippen molar-refractivity contribution in [1.82, 2.24) is 4.98 Å². The molecule has 0 fully saturated rings. The van der Waals surface area contributed by atoms with Gasteiger partial charge in [-0.2, -0.15) is 0 Å². The Morgan fingerprint density at radius 1 is 0.905 bits per heavy atom. The second-order valence-electron chi connectivity index (χ2n) is 5.41. The van der Waals surface area contributed by atoms with Gasteiger partial charge in [-0.25, -0.2) is 4.98 Å². The molecule has 2 aromatic carbocycles. The van der Waals surface area contributed by atoms with Crippen molar-refractivity contribution in [2.45, 2.75) is 19.3 Å². The molecule has 0 unspecified atom stereocenters. The van der Waals surface area contributed by atoms with Gasteiger partial charge >= 0.3 is 0 Å². The Kier molecular flexibility index (Phi) is 2.78. The smallest absolute Gasteiger partial charge is 0.219 e. The number of nitrogen functional groups attached to an aromatic ring is 1. The first kappa shape index (κ1) is 12.2. The first-order chi connectivity index (χ1) is 10.3. The summed E-state index contributed by atoms with van der Waals surface area (Å²) in [6, 6.07) is 15.9. The fourth-order valence-electron chi connectivity index (χ4n) is 2.95. The van der Waals surface area contributed by atoms with Crippen molar-refractivity contribution < 1.29 is 4.74 Å². The summed E-state index contributed by atoms with van der Waals surface area (Å²) in [5.41, 5.74) is 9.31. The second-order valence-corrected chi connectivity index (χ2v) is 5.41. The standard InChI is InChI=1S/C18H16N2O/c19-15-9-10-17(14-6-2-1-5-13(14)15)21-18-11-8-12-4-3-7-16(12)20-18/h1-2,5-6,8-11H,3-4,7,19H2. The van der Waals surface area contributed by atoms with Crippen LogP contribution < -0.4 is 10.5 Å². The van der Waals surface area contributed by atoms with Crippen molar-refractivity contribution in [3.63, 3.8) is 0 Å². The Hall–Kier alpha value is -2.55. The van der Waals surface area contributed by atoms with Crippen LogP contribution in [0.4, 0.5) is 5.69 Å². The molecule has 1 aliphatic rings. The van der Waals surface area contributed by atoms with Crippen molar-refractivity contribution in [1.29, 1.82) is 0 Å². The molecule has 2 N–H and O–H groups in total. The molecule has 3 nitrogen and oxygen atoms in total. The summed E-state index contributed by atoms with van der Waals surface area (Å²) in [6.45, 7) is 0. The third kappa shape index (κ3) is 2.11. The zero-order valence-corrected chi connectivity index (χ0v) is 11.7. The van der Waals surface area contributed by atoms with Gasteiger partial charge in [-0.3, -0.25) is 0 Å². The van der Waals surface area contributed by atoms with Crippen LogP contribution in [0.3, 0.4) is 0 Å². The van der Waals surface area contributed by atoms with Crippen LogP contribution in [0.2, 0.25) is 0 Å². The van der Waals surface area contributed by atoms with Crippen LogP contribution in [0.15, 0.2) is 48.5 Å². The lowest BCUT2D eigenvalue weighted by atomic mass is 10.1. The third-order valence-electron chi connectivity index (χ3n) is 4.03. The normalized spacial score (nSPS) is 13.3. The van der Waals surface area contributed by atoms with E-state index in [1.165, 1.54) is 17.7 Å². The Labute approximate surface area is 123 Å². The first-order valence-corrected chi connectivity index (χ1v) is 7.25. The summed E-state index contributed by atoms with van der Waals surface area (Å²) in [7, 11) is 0. The van der Waals surface area contributed by atoms with Crippen LogP contribution in [-0.4, -0.2) is 4.98 Å². The molecule has 0 spiro atoms. The van der Waals surface area contributed by atoms with E-state index in [0.717, 1.165) is 35.1 Å². The van der Waals surface area contributed by atoms with Gasteiger partial charge in [0.2, 0.25) is 5.88 Å². The van der Waals surface area contributed by atoms with E-state index in [4.69, 9.17) is 10.5 Å². The molecule has 1 aromatic heterocycles. The maximum absolute atomic E-state index is 6.02. The lowest BCUT2D eigenvalue weighted by molar-refractivity contribution is 0.466. The van der Waals surface area contributed by atoms with Crippen LogP contribution in [0.25, 0.3) is 10.8 Å². The van der Waals surface area contributed by atoms with Gasteiger partial charge in [-0.05, 0) is 37.0 Å². The summed E-state index contributed by atoms with van der Waals surface area (Å²) < 4.78 is 6.01. The van der Waals surface area contributed by atoms with Crippen LogP contribution in [-0.2, 0) is 12.8 Å². The van der Waals surface area contributed by atoms with Crippen LogP contribution in [0.1, 0.15) is 17.7 Å². The van der Waals surface area contributed by atoms with Gasteiger partial charge in [0.05, 0.1) is 0 Å². The van der Waals surface area contributed by atoms with E-state index in [-0.39, 0.29) is 0 Å². The minimum absolute atomic E-state index is 0.658. The molecular formula is C18H16N2O. The molecule has 3 heteroatoms. The molecule has 0 amide bonds. The summed E-state index contributed by atoms with van der Waals surface area (Å²) in [4.78, 5) is 4.62. The average molecular weight is 276 g/mol. The predicted molar refractivity (Wildman–Crippen MR) is 84.7 cm³/mol. The summed E-state index contributed by atoms with van der Waals surface area (Å²) in [5, 5.41) is 2.02. The highest BCUT2D eigenvalue weighted by atomic mass is 16.5. The SMILES string of the molecule is Nc1ccc(Oc2ccc3c(n2)CCC3)c2ccccc12. The van der Waals surface area contributed by atoms with Gasteiger partial charge in [-0.1, -0.05) is 30.3 Å². The molecule has 0 saturated heterocycles. The number of anilines is 1. The fraction of sp³-hybridized carbons (Fsp3) is 0.167. The molecule has 3 aromatic rings. The van der Waals surface area contributed by atoms with Crippen molar-refractivity contribution in [2.75, 3.05) is 5.73 Å². The van der Waals surface area contributed by atoms with E-state index in [2.05, 4.69) is 11.1 Å². The molecule has 1 heterocycles. The summed E-state index contributed by atoms with van der Waals surface area (Å²) in [5.74, 6) is 1.45. The zero-order chi connectivity index (χ0) is 14.2. The number of benzene rings is 2. The number of aromatic nitrogens is 1. The van der Waals surface area contributed by atoms with E-state index in [0.29, 0.717) is 5.88 Å². The highest BCUT2D eigenvalue weighted by Gasteiger charge is 2.14. The number of nitrogens with two attached hydrogens (primary N) is 1. The van der Waals surface area contributed by atoms with Crippen LogP contribution in [0.5, 0.6) is 11.6 Å². The lowest BCUT2D eigenvalue weighted by Gasteiger charge is -2.10. The van der Waals surface area contributed by atoms with Gasteiger partial charge in [0.15, 0.2) is 0 Å². The maximum Gasteiger partial charge on any atom is 0.219 e.